The predicted octanol–water partition coefficient (Wildman–Crippen LogP) is 6.36. The van der Waals surface area contributed by atoms with Gasteiger partial charge in [0.1, 0.15) is 11.1 Å². The first-order valence-electron chi connectivity index (χ1n) is 12.1. The van der Waals surface area contributed by atoms with Gasteiger partial charge in [0.05, 0.1) is 19.3 Å². The van der Waals surface area contributed by atoms with Crippen LogP contribution in [-0.2, 0) is 26.1 Å². The second-order valence-corrected chi connectivity index (χ2v) is 10.8. The summed E-state index contributed by atoms with van der Waals surface area (Å²) >= 11 is 7.65. The third-order valence-electron chi connectivity index (χ3n) is 7.08. The van der Waals surface area contributed by atoms with Crippen LogP contribution in [0.3, 0.4) is 0 Å². The Morgan fingerprint density at radius 2 is 1.94 bits per heavy atom. The lowest BCUT2D eigenvalue weighted by atomic mass is 9.60. The van der Waals surface area contributed by atoms with Gasteiger partial charge in [0.2, 0.25) is 0 Å². The Labute approximate surface area is 214 Å². The fraction of sp³-hybridized carbons (Fsp3) is 0.519. The second kappa shape index (κ2) is 11.5. The number of carbonyl (C=O) groups excluding carboxylic acids is 1. The number of esters is 1. The van der Waals surface area contributed by atoms with E-state index >= 15 is 4.39 Å². The summed E-state index contributed by atoms with van der Waals surface area (Å²) in [5.41, 5.74) is 0.633. The fourth-order valence-corrected chi connectivity index (χ4v) is 6.63. The molecular formula is C27H31ClF2O4S. The Bertz CT molecular complexity index is 1030. The third-order valence-corrected chi connectivity index (χ3v) is 8.73. The van der Waals surface area contributed by atoms with Gasteiger partial charge in [-0.1, -0.05) is 30.7 Å². The van der Waals surface area contributed by atoms with Crippen LogP contribution in [0.15, 0.2) is 36.4 Å². The Balaban J connectivity index is 1.62. The number of carbonyl (C=O) groups is 1. The molecule has 0 radical (unpaired) electrons. The van der Waals surface area contributed by atoms with E-state index in [9.17, 15) is 9.18 Å². The first kappa shape index (κ1) is 26.2. The Morgan fingerprint density at radius 3 is 2.66 bits per heavy atom. The van der Waals surface area contributed by atoms with E-state index < -0.39 is 17.0 Å². The first-order valence-corrected chi connectivity index (χ1v) is 13.6. The lowest BCUT2D eigenvalue weighted by molar-refractivity contribution is -0.142. The van der Waals surface area contributed by atoms with Gasteiger partial charge in [-0.05, 0) is 68.2 Å². The van der Waals surface area contributed by atoms with E-state index in [1.54, 1.807) is 18.7 Å². The molecule has 2 heterocycles. The number of hydrogen-bond donors (Lipinski definition) is 0. The standard InChI is InChI=1S/C27H31ClF2O4S/c1-3-23(26(31)32-4-2)35-14-11-22-19-16-34-25-21(30)10-9-20(29)24(25)27(19,12-13-33-22)15-17-5-7-18(28)8-6-17/h5-10,19,22-23H,3-4,11-16H2,1-2H3/t19-,22-,23?,27-/m0/s1. The lowest BCUT2D eigenvalue weighted by Gasteiger charge is -2.51. The monoisotopic (exact) mass is 524 g/mol. The number of benzene rings is 2. The van der Waals surface area contributed by atoms with E-state index in [-0.39, 0.29) is 35.6 Å². The molecule has 190 valence electrons. The number of thioether (sulfide) groups is 1. The molecule has 0 aromatic heterocycles. The summed E-state index contributed by atoms with van der Waals surface area (Å²) in [4.78, 5) is 12.2. The SMILES string of the molecule is CCOC(=O)C(CC)SCC[C@@H]1OCC[C@@]2(Cc3ccc(Cl)cc3)c3c(F)ccc(F)c3OC[C@@H]12. The molecule has 0 bridgehead atoms. The molecule has 0 amide bonds. The van der Waals surface area contributed by atoms with E-state index in [0.29, 0.717) is 55.2 Å². The van der Waals surface area contributed by atoms with Gasteiger partial charge in [-0.3, -0.25) is 4.79 Å². The van der Waals surface area contributed by atoms with Gasteiger partial charge in [0.15, 0.2) is 11.6 Å². The maximum absolute atomic E-state index is 15.4. The number of ether oxygens (including phenoxy) is 3. The smallest absolute Gasteiger partial charge is 0.319 e. The molecule has 1 fully saturated rings. The van der Waals surface area contributed by atoms with Crippen LogP contribution in [0.5, 0.6) is 5.75 Å². The van der Waals surface area contributed by atoms with Crippen LogP contribution in [-0.4, -0.2) is 42.9 Å². The summed E-state index contributed by atoms with van der Waals surface area (Å²) in [5, 5.41) is 0.397. The minimum absolute atomic E-state index is 0.0126. The molecule has 1 unspecified atom stereocenters. The zero-order valence-corrected chi connectivity index (χ0v) is 21.6. The van der Waals surface area contributed by atoms with Gasteiger partial charge in [0.25, 0.3) is 0 Å². The molecule has 2 aliphatic rings. The zero-order valence-electron chi connectivity index (χ0n) is 20.0. The first-order chi connectivity index (χ1) is 16.9. The molecule has 8 heteroatoms. The molecule has 2 aromatic rings. The molecule has 4 nitrogen and oxygen atoms in total. The lowest BCUT2D eigenvalue weighted by Crippen LogP contribution is -2.55. The molecule has 0 N–H and O–H groups in total. The van der Waals surface area contributed by atoms with E-state index in [0.717, 1.165) is 11.6 Å². The van der Waals surface area contributed by atoms with Gasteiger partial charge in [0, 0.05) is 28.5 Å². The van der Waals surface area contributed by atoms with Crippen LogP contribution in [0.1, 0.15) is 44.2 Å². The number of fused-ring (bicyclic) bond motifs is 3. The molecule has 0 aliphatic carbocycles. The van der Waals surface area contributed by atoms with Gasteiger partial charge in [-0.25, -0.2) is 8.78 Å². The van der Waals surface area contributed by atoms with Crippen molar-refractivity contribution in [2.45, 2.75) is 56.3 Å². The quantitative estimate of drug-likeness (QED) is 0.357. The van der Waals surface area contributed by atoms with Crippen molar-refractivity contribution in [3.8, 4) is 5.75 Å². The minimum atomic E-state index is -0.674. The minimum Gasteiger partial charge on any atom is -0.490 e. The van der Waals surface area contributed by atoms with E-state index in [1.165, 1.54) is 6.07 Å². The number of hydrogen-bond acceptors (Lipinski definition) is 5. The number of halogens is 3. The van der Waals surface area contributed by atoms with E-state index in [4.69, 9.17) is 25.8 Å². The van der Waals surface area contributed by atoms with Crippen molar-refractivity contribution in [1.29, 1.82) is 0 Å². The molecule has 4 rings (SSSR count). The summed E-state index contributed by atoms with van der Waals surface area (Å²) in [7, 11) is 0. The average molecular weight is 525 g/mol. The molecule has 0 spiro atoms. The van der Waals surface area contributed by atoms with Crippen molar-refractivity contribution in [2.24, 2.45) is 5.92 Å². The highest BCUT2D eigenvalue weighted by Crippen LogP contribution is 2.53. The van der Waals surface area contributed by atoms with Crippen molar-refractivity contribution in [2.75, 3.05) is 25.6 Å². The third kappa shape index (κ3) is 5.47. The van der Waals surface area contributed by atoms with Gasteiger partial charge < -0.3 is 14.2 Å². The normalized spacial score (nSPS) is 24.1. The molecule has 1 saturated heterocycles. The van der Waals surface area contributed by atoms with E-state index in [1.807, 2.05) is 31.2 Å². The van der Waals surface area contributed by atoms with Gasteiger partial charge >= 0.3 is 5.97 Å². The molecule has 2 aromatic carbocycles. The predicted molar refractivity (Wildman–Crippen MR) is 134 cm³/mol. The van der Waals surface area contributed by atoms with Crippen molar-refractivity contribution < 1.29 is 27.8 Å². The maximum Gasteiger partial charge on any atom is 0.319 e. The van der Waals surface area contributed by atoms with Crippen LogP contribution in [0.25, 0.3) is 0 Å². The summed E-state index contributed by atoms with van der Waals surface area (Å²) in [5.74, 6) is -0.669. The van der Waals surface area contributed by atoms with Crippen LogP contribution >= 0.6 is 23.4 Å². The highest BCUT2D eigenvalue weighted by Gasteiger charge is 2.53. The largest absolute Gasteiger partial charge is 0.490 e. The van der Waals surface area contributed by atoms with Gasteiger partial charge in [-0.15, -0.1) is 11.8 Å². The highest BCUT2D eigenvalue weighted by molar-refractivity contribution is 8.00. The van der Waals surface area contributed by atoms with Crippen molar-refractivity contribution in [1.82, 2.24) is 0 Å². The Hall–Kier alpha value is -1.83. The van der Waals surface area contributed by atoms with Crippen molar-refractivity contribution in [3.05, 3.63) is 64.2 Å². The van der Waals surface area contributed by atoms with Crippen molar-refractivity contribution in [3.63, 3.8) is 0 Å². The molecule has 4 atom stereocenters. The summed E-state index contributed by atoms with van der Waals surface area (Å²) < 4.78 is 47.3. The second-order valence-electron chi connectivity index (χ2n) is 9.08. The highest BCUT2D eigenvalue weighted by atomic mass is 35.5. The van der Waals surface area contributed by atoms with E-state index in [2.05, 4.69) is 0 Å². The average Bonchev–Trinajstić information content (AvgIpc) is 2.85. The summed E-state index contributed by atoms with van der Waals surface area (Å²) in [6.07, 6.45) is 2.22. The molecule has 35 heavy (non-hydrogen) atoms. The van der Waals surface area contributed by atoms with Crippen LogP contribution in [0.4, 0.5) is 8.78 Å². The molecule has 0 saturated carbocycles. The molecular weight excluding hydrogens is 494 g/mol. The summed E-state index contributed by atoms with van der Waals surface area (Å²) in [6.45, 7) is 4.80. The molecule has 2 aliphatic heterocycles. The van der Waals surface area contributed by atoms with Crippen LogP contribution in [0, 0.1) is 17.6 Å². The van der Waals surface area contributed by atoms with Crippen LogP contribution in [0.2, 0.25) is 5.02 Å². The topological polar surface area (TPSA) is 44.8 Å². The maximum atomic E-state index is 15.4. The fourth-order valence-electron chi connectivity index (χ4n) is 5.41. The number of rotatable bonds is 9. The van der Waals surface area contributed by atoms with Crippen LogP contribution < -0.4 is 4.74 Å². The van der Waals surface area contributed by atoms with Gasteiger partial charge in [-0.2, -0.15) is 0 Å². The van der Waals surface area contributed by atoms with Crippen molar-refractivity contribution >= 4 is 29.3 Å². The summed E-state index contributed by atoms with van der Waals surface area (Å²) in [6, 6.07) is 9.82. The Kier molecular flexibility index (Phi) is 8.61. The Morgan fingerprint density at radius 1 is 1.20 bits per heavy atom. The zero-order chi connectivity index (χ0) is 25.0.